The molecule has 0 fully saturated rings. The second-order valence-corrected chi connectivity index (χ2v) is 11.6. The van der Waals surface area contributed by atoms with Crippen molar-refractivity contribution in [1.82, 2.24) is 5.32 Å². The Balaban J connectivity index is 1.28. The average Bonchev–Trinajstić information content (AvgIpc) is 3.48. The van der Waals surface area contributed by atoms with Gasteiger partial charge in [-0.3, -0.25) is 4.79 Å². The molecule has 5 nitrogen and oxygen atoms in total. The van der Waals surface area contributed by atoms with E-state index in [1.165, 1.54) is 0 Å². The van der Waals surface area contributed by atoms with Gasteiger partial charge in [0.1, 0.15) is 37.1 Å². The van der Waals surface area contributed by atoms with Gasteiger partial charge in [-0.05, 0) is 90.0 Å². The van der Waals surface area contributed by atoms with Crippen molar-refractivity contribution < 1.29 is 19.0 Å². The quantitative estimate of drug-likeness (QED) is 0.0982. The number of benzene rings is 5. The monoisotopic (exact) mass is 613 g/mol. The van der Waals surface area contributed by atoms with Crippen molar-refractivity contribution in [3.63, 3.8) is 0 Å². The Morgan fingerprint density at radius 3 is 1.89 bits per heavy atom. The number of ketones is 1. The van der Waals surface area contributed by atoms with Gasteiger partial charge < -0.3 is 19.5 Å². The van der Waals surface area contributed by atoms with Crippen molar-refractivity contribution in [1.29, 1.82) is 0 Å². The van der Waals surface area contributed by atoms with Gasteiger partial charge in [-0.1, -0.05) is 67.6 Å². The summed E-state index contributed by atoms with van der Waals surface area (Å²) in [4.78, 5) is 15.1. The molecule has 0 atom stereocenters. The molecule has 0 saturated heterocycles. The van der Waals surface area contributed by atoms with Crippen LogP contribution < -0.4 is 19.5 Å². The van der Waals surface area contributed by atoms with Crippen LogP contribution in [-0.2, 0) is 13.2 Å². The van der Waals surface area contributed by atoms with Gasteiger partial charge in [0.25, 0.3) is 0 Å². The van der Waals surface area contributed by atoms with E-state index in [1.54, 1.807) is 11.3 Å². The highest BCUT2D eigenvalue weighted by Gasteiger charge is 2.22. The molecule has 0 amide bonds. The van der Waals surface area contributed by atoms with Gasteiger partial charge in [-0.25, -0.2) is 0 Å². The zero-order valence-corrected chi connectivity index (χ0v) is 26.0. The van der Waals surface area contributed by atoms with E-state index in [9.17, 15) is 4.79 Å². The normalized spacial score (nSPS) is 11.0. The molecule has 45 heavy (non-hydrogen) atoms. The fourth-order valence-corrected chi connectivity index (χ4v) is 6.28. The molecule has 0 saturated carbocycles. The van der Waals surface area contributed by atoms with Crippen LogP contribution in [0.4, 0.5) is 0 Å². The first-order chi connectivity index (χ1) is 22.2. The molecular weight excluding hydrogens is 578 g/mol. The summed E-state index contributed by atoms with van der Waals surface area (Å²) < 4.78 is 19.0. The van der Waals surface area contributed by atoms with Gasteiger partial charge >= 0.3 is 0 Å². The number of likely N-dealkylation sites (N-methyl/N-ethyl adjacent to an activating group) is 1. The maximum atomic E-state index is 14.1. The summed E-state index contributed by atoms with van der Waals surface area (Å²) in [5.41, 5.74) is 4.47. The van der Waals surface area contributed by atoms with E-state index in [4.69, 9.17) is 14.2 Å². The van der Waals surface area contributed by atoms with E-state index >= 15 is 0 Å². The summed E-state index contributed by atoms with van der Waals surface area (Å²) in [6.45, 7) is 5.28. The Labute approximate surface area is 268 Å². The first kappa shape index (κ1) is 30.1. The number of thiophene rings is 1. The van der Waals surface area contributed by atoms with Crippen molar-refractivity contribution in [2.45, 2.75) is 20.1 Å². The van der Waals surface area contributed by atoms with Gasteiger partial charge in [-0.2, -0.15) is 0 Å². The Morgan fingerprint density at radius 2 is 1.24 bits per heavy atom. The van der Waals surface area contributed by atoms with Crippen LogP contribution in [-0.4, -0.2) is 25.5 Å². The second kappa shape index (κ2) is 14.7. The van der Waals surface area contributed by atoms with Gasteiger partial charge in [0.2, 0.25) is 0 Å². The lowest BCUT2D eigenvalue weighted by atomic mass is 9.97. The standard InChI is InChI=1S/C39H35NO4S/c1-2-40-23-24-42-32-17-13-30(14-18-32)38(41)37-35-22-21-34(44-27-29-11-7-4-8-12-29)25-36(35)45-39(37)31-15-19-33(20-16-31)43-26-28-9-5-3-6-10-28/h3-22,25,40H,2,23-24,26-27H2,1H3. The summed E-state index contributed by atoms with van der Waals surface area (Å²) in [6, 6.07) is 41.6. The first-order valence-electron chi connectivity index (χ1n) is 15.2. The fourth-order valence-electron chi connectivity index (χ4n) is 5.04. The molecule has 0 aliphatic rings. The number of rotatable bonds is 14. The lowest BCUT2D eigenvalue weighted by molar-refractivity contribution is 0.104. The highest BCUT2D eigenvalue weighted by molar-refractivity contribution is 7.22. The zero-order valence-electron chi connectivity index (χ0n) is 25.2. The van der Waals surface area contributed by atoms with E-state index in [2.05, 4.69) is 12.2 Å². The maximum absolute atomic E-state index is 14.1. The number of nitrogens with one attached hydrogen (secondary N) is 1. The number of carbonyl (C=O) groups excluding carboxylic acids is 1. The largest absolute Gasteiger partial charge is 0.492 e. The fraction of sp³-hybridized carbons (Fsp3) is 0.154. The smallest absolute Gasteiger partial charge is 0.195 e. The summed E-state index contributed by atoms with van der Waals surface area (Å²) >= 11 is 1.60. The summed E-state index contributed by atoms with van der Waals surface area (Å²) in [6.07, 6.45) is 0. The number of carbonyl (C=O) groups is 1. The van der Waals surface area contributed by atoms with E-state index in [-0.39, 0.29) is 5.78 Å². The third-order valence-electron chi connectivity index (χ3n) is 7.42. The molecular formula is C39H35NO4S. The predicted octanol–water partition coefficient (Wildman–Crippen LogP) is 8.95. The third-order valence-corrected chi connectivity index (χ3v) is 8.62. The molecule has 1 heterocycles. The van der Waals surface area contributed by atoms with Gasteiger partial charge in [0, 0.05) is 32.6 Å². The van der Waals surface area contributed by atoms with Crippen molar-refractivity contribution in [2.75, 3.05) is 19.7 Å². The summed E-state index contributed by atoms with van der Waals surface area (Å²) in [5, 5.41) is 4.15. The van der Waals surface area contributed by atoms with E-state index in [0.717, 1.165) is 62.0 Å². The minimum Gasteiger partial charge on any atom is -0.492 e. The van der Waals surface area contributed by atoms with E-state index in [0.29, 0.717) is 30.9 Å². The summed E-state index contributed by atoms with van der Waals surface area (Å²) in [7, 11) is 0. The van der Waals surface area contributed by atoms with Gasteiger partial charge in [0.05, 0.1) is 0 Å². The van der Waals surface area contributed by atoms with Gasteiger partial charge in [0.15, 0.2) is 5.78 Å². The van der Waals surface area contributed by atoms with Crippen LogP contribution in [0.15, 0.2) is 127 Å². The van der Waals surface area contributed by atoms with Crippen LogP contribution in [0.2, 0.25) is 0 Å². The predicted molar refractivity (Wildman–Crippen MR) is 183 cm³/mol. The van der Waals surface area contributed by atoms with Crippen LogP contribution in [0, 0.1) is 0 Å². The number of hydrogen-bond acceptors (Lipinski definition) is 6. The minimum atomic E-state index is -0.0298. The van der Waals surface area contributed by atoms with E-state index in [1.807, 2.05) is 127 Å². The molecule has 0 unspecified atom stereocenters. The Morgan fingerprint density at radius 1 is 0.667 bits per heavy atom. The molecule has 1 N–H and O–H groups in total. The highest BCUT2D eigenvalue weighted by atomic mass is 32.1. The van der Waals surface area contributed by atoms with Crippen molar-refractivity contribution in [3.8, 4) is 27.7 Å². The van der Waals surface area contributed by atoms with Crippen LogP contribution in [0.5, 0.6) is 17.2 Å². The molecule has 6 heteroatoms. The molecule has 226 valence electrons. The van der Waals surface area contributed by atoms with Crippen molar-refractivity contribution in [3.05, 3.63) is 150 Å². The highest BCUT2D eigenvalue weighted by Crippen LogP contribution is 2.42. The van der Waals surface area contributed by atoms with Crippen LogP contribution in [0.1, 0.15) is 34.0 Å². The summed E-state index contributed by atoms with van der Waals surface area (Å²) in [5.74, 6) is 2.25. The lowest BCUT2D eigenvalue weighted by Gasteiger charge is -2.10. The van der Waals surface area contributed by atoms with Crippen LogP contribution in [0.25, 0.3) is 20.5 Å². The molecule has 1 aromatic heterocycles. The number of ether oxygens (including phenoxy) is 3. The Hall–Kier alpha value is -4.91. The zero-order chi connectivity index (χ0) is 30.8. The van der Waals surface area contributed by atoms with Crippen LogP contribution >= 0.6 is 11.3 Å². The molecule has 6 rings (SSSR count). The topological polar surface area (TPSA) is 56.8 Å². The number of fused-ring (bicyclic) bond motifs is 1. The maximum Gasteiger partial charge on any atom is 0.195 e. The average molecular weight is 614 g/mol. The van der Waals surface area contributed by atoms with Crippen LogP contribution in [0.3, 0.4) is 0 Å². The first-order valence-corrected chi connectivity index (χ1v) is 16.0. The SMILES string of the molecule is CCNCCOc1ccc(C(=O)c2c(-c3ccc(OCc4ccccc4)cc3)sc3cc(OCc4ccccc4)ccc23)cc1. The van der Waals surface area contributed by atoms with Crippen molar-refractivity contribution >= 4 is 27.2 Å². The van der Waals surface area contributed by atoms with Gasteiger partial charge in [-0.15, -0.1) is 11.3 Å². The Bertz CT molecular complexity index is 1830. The molecule has 0 aliphatic heterocycles. The van der Waals surface area contributed by atoms with Crippen molar-refractivity contribution in [2.24, 2.45) is 0 Å². The third kappa shape index (κ3) is 7.60. The second-order valence-electron chi connectivity index (χ2n) is 10.6. The molecule has 0 aliphatic carbocycles. The Kier molecular flexibility index (Phi) is 9.85. The molecule has 0 spiro atoms. The molecule has 0 bridgehead atoms. The minimum absolute atomic E-state index is 0.0298. The number of hydrogen-bond donors (Lipinski definition) is 1. The van der Waals surface area contributed by atoms with E-state index < -0.39 is 0 Å². The molecule has 0 radical (unpaired) electrons. The lowest BCUT2D eigenvalue weighted by Crippen LogP contribution is -2.20. The molecule has 6 aromatic rings. The molecule has 5 aromatic carbocycles.